The van der Waals surface area contributed by atoms with E-state index in [1.165, 1.54) is 37.1 Å². The summed E-state index contributed by atoms with van der Waals surface area (Å²) >= 11 is 0. The minimum absolute atomic E-state index is 0.100. The summed E-state index contributed by atoms with van der Waals surface area (Å²) in [5.41, 5.74) is 0.403. The van der Waals surface area contributed by atoms with E-state index in [0.717, 1.165) is 32.6 Å². The fraction of sp³-hybridized carbons (Fsp3) is 0.556. The SMILES string of the molecule is O=C(NCCC(=O)N1CCCN2CCC[C@H]2C1)c1ccc(F)cc1. The third-order valence-corrected chi connectivity index (χ3v) is 4.89. The Morgan fingerprint density at radius 2 is 1.88 bits per heavy atom. The Bertz CT molecular complexity index is 590. The zero-order valence-corrected chi connectivity index (χ0v) is 13.8. The van der Waals surface area contributed by atoms with Gasteiger partial charge in [0.2, 0.25) is 5.91 Å². The van der Waals surface area contributed by atoms with Crippen LogP contribution in [0.15, 0.2) is 24.3 Å². The fourth-order valence-electron chi connectivity index (χ4n) is 3.58. The molecule has 0 aromatic heterocycles. The van der Waals surface area contributed by atoms with Crippen molar-refractivity contribution in [3.8, 4) is 0 Å². The Kier molecular flexibility index (Phi) is 5.45. The van der Waals surface area contributed by atoms with E-state index in [2.05, 4.69) is 10.2 Å². The summed E-state index contributed by atoms with van der Waals surface area (Å²) in [4.78, 5) is 28.8. The number of hydrogen-bond donors (Lipinski definition) is 1. The van der Waals surface area contributed by atoms with Crippen molar-refractivity contribution in [3.05, 3.63) is 35.6 Å². The summed E-state index contributed by atoms with van der Waals surface area (Å²) in [5, 5.41) is 2.73. The molecule has 1 N–H and O–H groups in total. The molecule has 2 saturated heterocycles. The zero-order valence-electron chi connectivity index (χ0n) is 13.8. The maximum atomic E-state index is 12.9. The molecule has 0 unspecified atom stereocenters. The Balaban J connectivity index is 1.45. The lowest BCUT2D eigenvalue weighted by atomic mass is 10.2. The van der Waals surface area contributed by atoms with Crippen LogP contribution in [0.1, 0.15) is 36.0 Å². The molecule has 2 heterocycles. The van der Waals surface area contributed by atoms with Crippen LogP contribution in [0.3, 0.4) is 0 Å². The molecule has 1 atom stereocenters. The van der Waals surface area contributed by atoms with Gasteiger partial charge in [-0.25, -0.2) is 4.39 Å². The van der Waals surface area contributed by atoms with E-state index in [9.17, 15) is 14.0 Å². The fourth-order valence-corrected chi connectivity index (χ4v) is 3.58. The number of nitrogens with one attached hydrogen (secondary N) is 1. The van der Waals surface area contributed by atoms with Crippen molar-refractivity contribution in [1.29, 1.82) is 0 Å². The summed E-state index contributed by atoms with van der Waals surface area (Å²) in [6.07, 6.45) is 3.72. The average Bonchev–Trinajstić information content (AvgIpc) is 2.92. The average molecular weight is 333 g/mol. The van der Waals surface area contributed by atoms with Gasteiger partial charge in [0.05, 0.1) is 0 Å². The Morgan fingerprint density at radius 1 is 1.12 bits per heavy atom. The van der Waals surface area contributed by atoms with Gasteiger partial charge in [-0.15, -0.1) is 0 Å². The van der Waals surface area contributed by atoms with E-state index >= 15 is 0 Å². The summed E-state index contributed by atoms with van der Waals surface area (Å²) in [6, 6.07) is 5.89. The Labute approximate surface area is 141 Å². The van der Waals surface area contributed by atoms with Gasteiger partial charge in [0.25, 0.3) is 5.91 Å². The molecule has 5 nitrogen and oxygen atoms in total. The Morgan fingerprint density at radius 3 is 2.67 bits per heavy atom. The lowest BCUT2D eigenvalue weighted by Crippen LogP contribution is -2.40. The molecule has 2 aliphatic heterocycles. The highest BCUT2D eigenvalue weighted by Crippen LogP contribution is 2.21. The molecule has 6 heteroatoms. The number of carbonyl (C=O) groups excluding carboxylic acids is 2. The first-order valence-electron chi connectivity index (χ1n) is 8.69. The second-order valence-electron chi connectivity index (χ2n) is 6.54. The lowest BCUT2D eigenvalue weighted by molar-refractivity contribution is -0.131. The molecule has 0 spiro atoms. The molecule has 2 aliphatic rings. The van der Waals surface area contributed by atoms with E-state index in [0.29, 0.717) is 24.6 Å². The number of benzene rings is 1. The molecular formula is C18H24FN3O2. The van der Waals surface area contributed by atoms with Crippen LogP contribution < -0.4 is 5.32 Å². The molecule has 0 radical (unpaired) electrons. The highest BCUT2D eigenvalue weighted by Gasteiger charge is 2.30. The van der Waals surface area contributed by atoms with Gasteiger partial charge in [-0.1, -0.05) is 0 Å². The van der Waals surface area contributed by atoms with Crippen LogP contribution in [-0.4, -0.2) is 60.4 Å². The van der Waals surface area contributed by atoms with Gasteiger partial charge in [0.15, 0.2) is 0 Å². The Hall–Kier alpha value is -1.95. The van der Waals surface area contributed by atoms with E-state index in [1.54, 1.807) is 0 Å². The normalized spacial score (nSPS) is 21.2. The quantitative estimate of drug-likeness (QED) is 0.911. The number of fused-ring (bicyclic) bond motifs is 1. The van der Waals surface area contributed by atoms with Crippen molar-refractivity contribution in [2.75, 3.05) is 32.7 Å². The molecule has 0 saturated carbocycles. The molecular weight excluding hydrogens is 309 g/mol. The first kappa shape index (κ1) is 16.9. The minimum atomic E-state index is -0.371. The van der Waals surface area contributed by atoms with Crippen LogP contribution >= 0.6 is 0 Å². The van der Waals surface area contributed by atoms with Gasteiger partial charge in [0, 0.05) is 44.2 Å². The summed E-state index contributed by atoms with van der Waals surface area (Å²) in [6.45, 7) is 4.15. The summed E-state index contributed by atoms with van der Waals surface area (Å²) in [7, 11) is 0. The third-order valence-electron chi connectivity index (χ3n) is 4.89. The van der Waals surface area contributed by atoms with Crippen LogP contribution in [-0.2, 0) is 4.79 Å². The van der Waals surface area contributed by atoms with Crippen molar-refractivity contribution in [2.45, 2.75) is 31.7 Å². The van der Waals surface area contributed by atoms with Gasteiger partial charge in [-0.2, -0.15) is 0 Å². The van der Waals surface area contributed by atoms with E-state index in [4.69, 9.17) is 0 Å². The number of halogens is 1. The summed E-state index contributed by atoms with van der Waals surface area (Å²) < 4.78 is 12.9. The summed E-state index contributed by atoms with van der Waals surface area (Å²) in [5.74, 6) is -0.548. The third kappa shape index (κ3) is 4.12. The molecule has 3 rings (SSSR count). The largest absolute Gasteiger partial charge is 0.352 e. The molecule has 2 fully saturated rings. The van der Waals surface area contributed by atoms with Crippen molar-refractivity contribution in [2.24, 2.45) is 0 Å². The smallest absolute Gasteiger partial charge is 0.251 e. The second kappa shape index (κ2) is 7.75. The molecule has 0 bridgehead atoms. The number of hydrogen-bond acceptors (Lipinski definition) is 3. The number of rotatable bonds is 4. The standard InChI is InChI=1S/C18H24FN3O2/c19-15-6-4-14(5-7-15)18(24)20-9-8-17(23)22-12-2-11-21-10-1-3-16(21)13-22/h4-7,16H,1-3,8-13H2,(H,20,24)/t16-/m0/s1. The van der Waals surface area contributed by atoms with E-state index in [-0.39, 0.29) is 17.6 Å². The zero-order chi connectivity index (χ0) is 16.9. The molecule has 1 aromatic carbocycles. The lowest BCUT2D eigenvalue weighted by Gasteiger charge is -2.25. The van der Waals surface area contributed by atoms with E-state index in [1.807, 2.05) is 4.90 Å². The molecule has 2 amide bonds. The van der Waals surface area contributed by atoms with Gasteiger partial charge >= 0.3 is 0 Å². The van der Waals surface area contributed by atoms with Gasteiger partial charge < -0.3 is 10.2 Å². The topological polar surface area (TPSA) is 52.7 Å². The second-order valence-corrected chi connectivity index (χ2v) is 6.54. The van der Waals surface area contributed by atoms with Crippen LogP contribution in [0.5, 0.6) is 0 Å². The van der Waals surface area contributed by atoms with Crippen molar-refractivity contribution in [3.63, 3.8) is 0 Å². The first-order valence-corrected chi connectivity index (χ1v) is 8.69. The van der Waals surface area contributed by atoms with Crippen LogP contribution in [0, 0.1) is 5.82 Å². The van der Waals surface area contributed by atoms with Gasteiger partial charge in [-0.05, 0) is 50.1 Å². The van der Waals surface area contributed by atoms with E-state index < -0.39 is 0 Å². The number of nitrogens with zero attached hydrogens (tertiary/aromatic N) is 2. The maximum absolute atomic E-state index is 12.9. The highest BCUT2D eigenvalue weighted by molar-refractivity contribution is 5.94. The highest BCUT2D eigenvalue weighted by atomic mass is 19.1. The monoisotopic (exact) mass is 333 g/mol. The van der Waals surface area contributed by atoms with Crippen LogP contribution in [0.2, 0.25) is 0 Å². The number of carbonyl (C=O) groups is 2. The van der Waals surface area contributed by atoms with Crippen LogP contribution in [0.4, 0.5) is 4.39 Å². The van der Waals surface area contributed by atoms with Gasteiger partial charge in [0.1, 0.15) is 5.82 Å². The first-order chi connectivity index (χ1) is 11.6. The minimum Gasteiger partial charge on any atom is -0.352 e. The van der Waals surface area contributed by atoms with Gasteiger partial charge in [-0.3, -0.25) is 14.5 Å². The predicted molar refractivity (Wildman–Crippen MR) is 89.1 cm³/mol. The molecule has 130 valence electrons. The van der Waals surface area contributed by atoms with Crippen molar-refractivity contribution in [1.82, 2.24) is 15.1 Å². The predicted octanol–water partition coefficient (Wildman–Crippen LogP) is 1.64. The molecule has 0 aliphatic carbocycles. The maximum Gasteiger partial charge on any atom is 0.251 e. The number of amides is 2. The van der Waals surface area contributed by atoms with Crippen molar-refractivity contribution < 1.29 is 14.0 Å². The molecule has 24 heavy (non-hydrogen) atoms. The van der Waals surface area contributed by atoms with Crippen LogP contribution in [0.25, 0.3) is 0 Å². The molecule has 1 aromatic rings. The van der Waals surface area contributed by atoms with Crippen molar-refractivity contribution >= 4 is 11.8 Å².